The highest BCUT2D eigenvalue weighted by Crippen LogP contribution is 2.34. The van der Waals surface area contributed by atoms with Gasteiger partial charge in [0.2, 0.25) is 5.75 Å². The second-order valence-electron chi connectivity index (χ2n) is 8.77. The number of rotatable bonds is 9. The summed E-state index contributed by atoms with van der Waals surface area (Å²) in [5, 5.41) is 19.7. The minimum atomic E-state index is -2.61. The number of pyridine rings is 1. The number of benzene rings is 2. The maximum absolute atomic E-state index is 12.6. The molecular weight excluding hydrogens is 495 g/mol. The Bertz CT molecular complexity index is 1310. The third-order valence-corrected chi connectivity index (χ3v) is 7.03. The van der Waals surface area contributed by atoms with Gasteiger partial charge in [0.05, 0.1) is 12.3 Å². The van der Waals surface area contributed by atoms with Crippen LogP contribution in [0.3, 0.4) is 0 Å². The third-order valence-electron chi connectivity index (χ3n) is 6.14. The molecule has 10 heteroatoms. The lowest BCUT2D eigenvalue weighted by Crippen LogP contribution is -2.21. The van der Waals surface area contributed by atoms with E-state index < -0.39 is 20.2 Å². The molecule has 2 N–H and O–H groups in total. The van der Waals surface area contributed by atoms with E-state index in [2.05, 4.69) is 9.73 Å². The van der Waals surface area contributed by atoms with Crippen molar-refractivity contribution in [3.8, 4) is 23.0 Å². The first-order valence-corrected chi connectivity index (χ1v) is 13.2. The van der Waals surface area contributed by atoms with Crippen LogP contribution in [0.2, 0.25) is 0 Å². The number of nitrogens with zero attached hydrogens (tertiary/aromatic N) is 2. The van der Waals surface area contributed by atoms with Crippen LogP contribution < -0.4 is 18.9 Å². The first-order valence-electron chi connectivity index (χ1n) is 12.0. The minimum Gasteiger partial charge on any atom is -0.575 e. The number of carbonyl (C=O) groups excluding carboxylic acids is 1. The molecule has 0 aliphatic heterocycles. The van der Waals surface area contributed by atoms with Crippen LogP contribution in [0.5, 0.6) is 23.0 Å². The van der Waals surface area contributed by atoms with Crippen molar-refractivity contribution in [2.75, 3.05) is 0 Å². The number of aliphatic hydroxyl groups excluding tert-OH is 1. The van der Waals surface area contributed by atoms with Gasteiger partial charge in [0, 0.05) is 17.3 Å². The summed E-state index contributed by atoms with van der Waals surface area (Å²) >= 11 is 0. The van der Waals surface area contributed by atoms with E-state index in [0.29, 0.717) is 22.6 Å². The number of aryl methyl sites for hydroxylation is 3. The quantitative estimate of drug-likeness (QED) is 0.241. The fraction of sp³-hybridized carbons (Fsp3) is 0.333. The largest absolute Gasteiger partial charge is 0.575 e. The van der Waals surface area contributed by atoms with Gasteiger partial charge in [-0.05, 0) is 74.9 Å². The number of aromatic hydroxyl groups is 1. The molecule has 1 aromatic heterocycles. The SMILES string of the molecule is Cc1ncc(COc2ccccc2O[P+]([O-])=N[C@@H](C)C(=O)Oc2ccc3c(c2)CCCC3)c(CO)c1O. The van der Waals surface area contributed by atoms with Crippen LogP contribution in [-0.2, 0) is 30.8 Å². The number of fused-ring (bicyclic) bond motifs is 1. The highest BCUT2D eigenvalue weighted by molar-refractivity contribution is 7.34. The van der Waals surface area contributed by atoms with E-state index in [1.54, 1.807) is 37.3 Å². The number of hydrogen-bond donors (Lipinski definition) is 2. The maximum Gasteiger partial charge on any atom is 0.395 e. The van der Waals surface area contributed by atoms with Gasteiger partial charge in [0.1, 0.15) is 18.1 Å². The molecule has 1 aliphatic carbocycles. The molecule has 0 saturated heterocycles. The van der Waals surface area contributed by atoms with Crippen molar-refractivity contribution in [1.82, 2.24) is 4.98 Å². The van der Waals surface area contributed by atoms with Crippen LogP contribution in [0.1, 0.15) is 47.7 Å². The standard InChI is InChI=1S/C27H29N2O7P/c1-17-26(31)23(15-30)21(14-28-17)16-34-24-9-5-6-10-25(24)36-37(33)29-18(2)27(32)35-22-12-11-19-7-3-4-8-20(19)13-22/h5-6,9-14,18,30-31H,3-4,7-8,15-16H2,1-2H3/t18-/m0/s1. The second-order valence-corrected chi connectivity index (χ2v) is 9.66. The summed E-state index contributed by atoms with van der Waals surface area (Å²) in [5.74, 6) is 0.162. The van der Waals surface area contributed by atoms with Crippen LogP contribution in [-0.4, -0.2) is 27.2 Å². The van der Waals surface area contributed by atoms with Crippen molar-refractivity contribution in [3.05, 3.63) is 76.6 Å². The van der Waals surface area contributed by atoms with Crippen LogP contribution in [0.4, 0.5) is 0 Å². The monoisotopic (exact) mass is 524 g/mol. The molecule has 37 heavy (non-hydrogen) atoms. The van der Waals surface area contributed by atoms with Gasteiger partial charge in [-0.25, -0.2) is 4.79 Å². The summed E-state index contributed by atoms with van der Waals surface area (Å²) in [6, 6.07) is 11.2. The van der Waals surface area contributed by atoms with Gasteiger partial charge >= 0.3 is 14.1 Å². The summed E-state index contributed by atoms with van der Waals surface area (Å²) < 4.78 is 20.7. The Kier molecular flexibility index (Phi) is 8.71. The average molecular weight is 525 g/mol. The Morgan fingerprint density at radius 2 is 1.89 bits per heavy atom. The number of para-hydroxylation sites is 2. The number of aromatic nitrogens is 1. The molecule has 0 fully saturated rings. The number of hydrogen-bond acceptors (Lipinski definition) is 9. The smallest absolute Gasteiger partial charge is 0.395 e. The molecular formula is C27H29N2O7P. The van der Waals surface area contributed by atoms with E-state index >= 15 is 0 Å². The van der Waals surface area contributed by atoms with Gasteiger partial charge in [0.15, 0.2) is 11.8 Å². The molecule has 0 amide bonds. The van der Waals surface area contributed by atoms with Crippen molar-refractivity contribution >= 4 is 14.1 Å². The first-order chi connectivity index (χ1) is 17.9. The van der Waals surface area contributed by atoms with Gasteiger partial charge in [-0.2, -0.15) is 0 Å². The van der Waals surface area contributed by atoms with E-state index in [0.717, 1.165) is 19.3 Å². The van der Waals surface area contributed by atoms with E-state index in [4.69, 9.17) is 14.0 Å². The molecule has 0 radical (unpaired) electrons. The van der Waals surface area contributed by atoms with Gasteiger partial charge in [-0.15, -0.1) is 0 Å². The van der Waals surface area contributed by atoms with Crippen molar-refractivity contribution in [3.63, 3.8) is 0 Å². The van der Waals surface area contributed by atoms with E-state index in [1.807, 2.05) is 12.1 Å². The Hall–Kier alpha value is -3.52. The minimum absolute atomic E-state index is 0.0193. The Morgan fingerprint density at radius 1 is 1.16 bits per heavy atom. The zero-order valence-corrected chi connectivity index (χ0v) is 21.6. The Balaban J connectivity index is 1.40. The van der Waals surface area contributed by atoms with Crippen LogP contribution >= 0.6 is 8.17 Å². The Labute approximate surface area is 216 Å². The first kappa shape index (κ1) is 26.5. The maximum atomic E-state index is 12.6. The Morgan fingerprint density at radius 3 is 2.65 bits per heavy atom. The lowest BCUT2D eigenvalue weighted by Gasteiger charge is -2.16. The zero-order valence-electron chi connectivity index (χ0n) is 20.7. The van der Waals surface area contributed by atoms with Gasteiger partial charge in [0.25, 0.3) is 0 Å². The predicted octanol–water partition coefficient (Wildman–Crippen LogP) is 4.27. The summed E-state index contributed by atoms with van der Waals surface area (Å²) in [6.45, 7) is 2.73. The van der Waals surface area contributed by atoms with Gasteiger partial charge < -0.3 is 24.6 Å². The molecule has 0 bridgehead atoms. The lowest BCUT2D eigenvalue weighted by atomic mass is 9.92. The lowest BCUT2D eigenvalue weighted by molar-refractivity contribution is -0.169. The number of esters is 1. The summed E-state index contributed by atoms with van der Waals surface area (Å²) in [4.78, 5) is 29.2. The fourth-order valence-electron chi connectivity index (χ4n) is 4.06. The average Bonchev–Trinajstić information content (AvgIpc) is 2.90. The third kappa shape index (κ3) is 6.63. The summed E-state index contributed by atoms with van der Waals surface area (Å²) in [7, 11) is -2.61. The molecule has 1 aliphatic rings. The highest BCUT2D eigenvalue weighted by atomic mass is 31.1. The number of carbonyl (C=O) groups is 1. The van der Waals surface area contributed by atoms with E-state index in [1.165, 1.54) is 30.7 Å². The molecule has 0 saturated carbocycles. The summed E-state index contributed by atoms with van der Waals surface area (Å²) in [6.07, 6.45) is 5.79. The fourth-order valence-corrected chi connectivity index (χ4v) is 4.80. The zero-order chi connectivity index (χ0) is 26.4. The van der Waals surface area contributed by atoms with Crippen molar-refractivity contribution < 1.29 is 33.9 Å². The molecule has 1 heterocycles. The number of ether oxygens (including phenoxy) is 2. The highest BCUT2D eigenvalue weighted by Gasteiger charge is 2.21. The normalized spacial score (nSPS) is 14.0. The molecule has 2 aromatic carbocycles. The molecule has 3 aromatic rings. The van der Waals surface area contributed by atoms with Crippen LogP contribution in [0.15, 0.2) is 53.4 Å². The predicted molar refractivity (Wildman–Crippen MR) is 135 cm³/mol. The van der Waals surface area contributed by atoms with Crippen molar-refractivity contribution in [2.45, 2.75) is 58.8 Å². The molecule has 4 rings (SSSR count). The summed E-state index contributed by atoms with van der Waals surface area (Å²) in [5.41, 5.74) is 3.68. The molecule has 194 valence electrons. The van der Waals surface area contributed by atoms with Gasteiger partial charge in [-0.3, -0.25) is 9.51 Å². The van der Waals surface area contributed by atoms with E-state index in [9.17, 15) is 19.9 Å². The number of aliphatic hydroxyl groups is 1. The molecule has 9 nitrogen and oxygen atoms in total. The van der Waals surface area contributed by atoms with Crippen LogP contribution in [0, 0.1) is 6.92 Å². The molecule has 1 unspecified atom stereocenters. The van der Waals surface area contributed by atoms with Gasteiger partial charge in [-0.1, -0.05) is 22.9 Å². The topological polar surface area (TPSA) is 134 Å². The molecule has 2 atom stereocenters. The van der Waals surface area contributed by atoms with Crippen molar-refractivity contribution in [2.24, 2.45) is 4.74 Å². The second kappa shape index (κ2) is 12.1. The van der Waals surface area contributed by atoms with Crippen LogP contribution in [0.25, 0.3) is 0 Å². The van der Waals surface area contributed by atoms with Crippen molar-refractivity contribution in [1.29, 1.82) is 0 Å². The van der Waals surface area contributed by atoms with E-state index in [-0.39, 0.29) is 30.5 Å². The molecule has 0 spiro atoms.